The van der Waals surface area contributed by atoms with Crippen LogP contribution in [0.2, 0.25) is 0 Å². The van der Waals surface area contributed by atoms with E-state index in [1.165, 1.54) is 17.6 Å². The number of benzene rings is 1. The van der Waals surface area contributed by atoms with Gasteiger partial charge in [-0.3, -0.25) is 4.79 Å². The monoisotopic (exact) mass is 367 g/mol. The molecule has 8 heteroatoms. The molecule has 0 N–H and O–H groups in total. The molecule has 2 aromatic rings. The molecule has 0 unspecified atom stereocenters. The summed E-state index contributed by atoms with van der Waals surface area (Å²) in [6.07, 6.45) is 2.67. The summed E-state index contributed by atoms with van der Waals surface area (Å²) in [4.78, 5) is 20.8. The smallest absolute Gasteiger partial charge is 0.222 e. The first-order chi connectivity index (χ1) is 11.4. The number of thiazole rings is 1. The van der Waals surface area contributed by atoms with Crippen molar-refractivity contribution in [2.75, 3.05) is 37.3 Å². The standard InChI is InChI=1S/C16H21N3O3S2/c1-3-5-14(20)18-8-10-19(11-9-18)16-17-15-12(23-16)6-4-7-13(15)24(2,21)22/h4,6-7H,3,5,8-11H2,1-2H3. The number of para-hydroxylation sites is 1. The minimum atomic E-state index is -3.30. The summed E-state index contributed by atoms with van der Waals surface area (Å²) in [6.45, 7) is 4.84. The maximum atomic E-state index is 12.0. The van der Waals surface area contributed by atoms with E-state index in [-0.39, 0.29) is 10.8 Å². The summed E-state index contributed by atoms with van der Waals surface area (Å²) < 4.78 is 24.7. The van der Waals surface area contributed by atoms with Gasteiger partial charge in [-0.1, -0.05) is 24.3 Å². The molecule has 0 atom stereocenters. The maximum Gasteiger partial charge on any atom is 0.222 e. The number of hydrogen-bond donors (Lipinski definition) is 0. The maximum absolute atomic E-state index is 12.0. The molecule has 0 aliphatic carbocycles. The van der Waals surface area contributed by atoms with E-state index in [0.29, 0.717) is 25.0 Å². The number of amides is 1. The molecule has 0 saturated carbocycles. The van der Waals surface area contributed by atoms with E-state index in [9.17, 15) is 13.2 Å². The second-order valence-corrected chi connectivity index (χ2v) is 8.98. The Morgan fingerprint density at radius 2 is 1.96 bits per heavy atom. The number of fused-ring (bicyclic) bond motifs is 1. The summed E-state index contributed by atoms with van der Waals surface area (Å²) in [6, 6.07) is 5.25. The summed E-state index contributed by atoms with van der Waals surface area (Å²) in [5.74, 6) is 0.209. The van der Waals surface area contributed by atoms with Gasteiger partial charge >= 0.3 is 0 Å². The summed E-state index contributed by atoms with van der Waals surface area (Å²) in [5.41, 5.74) is 0.546. The number of nitrogens with zero attached hydrogens (tertiary/aromatic N) is 3. The number of hydrogen-bond acceptors (Lipinski definition) is 6. The normalized spacial score (nSPS) is 15.9. The minimum absolute atomic E-state index is 0.209. The van der Waals surface area contributed by atoms with Crippen LogP contribution < -0.4 is 4.90 Å². The number of sulfone groups is 1. The van der Waals surface area contributed by atoms with Crippen molar-refractivity contribution in [3.63, 3.8) is 0 Å². The average Bonchev–Trinajstić information content (AvgIpc) is 2.98. The van der Waals surface area contributed by atoms with Gasteiger partial charge in [0.1, 0.15) is 5.52 Å². The molecule has 1 amide bonds. The third-order valence-electron chi connectivity index (χ3n) is 4.14. The topological polar surface area (TPSA) is 70.6 Å². The zero-order chi connectivity index (χ0) is 17.3. The summed E-state index contributed by atoms with van der Waals surface area (Å²) in [5, 5.41) is 0.823. The number of rotatable bonds is 4. The van der Waals surface area contributed by atoms with Crippen LogP contribution in [0.25, 0.3) is 10.2 Å². The summed E-state index contributed by atoms with van der Waals surface area (Å²) >= 11 is 1.50. The van der Waals surface area contributed by atoms with Crippen molar-refractivity contribution in [1.29, 1.82) is 0 Å². The molecule has 24 heavy (non-hydrogen) atoms. The number of carbonyl (C=O) groups is 1. The van der Waals surface area contributed by atoms with E-state index in [1.54, 1.807) is 12.1 Å². The fourth-order valence-corrected chi connectivity index (χ4v) is 4.81. The molecule has 0 spiro atoms. The van der Waals surface area contributed by atoms with Gasteiger partial charge in [-0.15, -0.1) is 0 Å². The second-order valence-electron chi connectivity index (χ2n) is 5.99. The minimum Gasteiger partial charge on any atom is -0.345 e. The van der Waals surface area contributed by atoms with Gasteiger partial charge < -0.3 is 9.80 Å². The molecule has 1 aromatic carbocycles. The van der Waals surface area contributed by atoms with Crippen molar-refractivity contribution >= 4 is 42.4 Å². The molecule has 130 valence electrons. The molecule has 0 bridgehead atoms. The van der Waals surface area contributed by atoms with Gasteiger partial charge in [0, 0.05) is 38.9 Å². The molecule has 1 fully saturated rings. The lowest BCUT2D eigenvalue weighted by Gasteiger charge is -2.34. The van der Waals surface area contributed by atoms with Crippen LogP contribution in [0, 0.1) is 0 Å². The predicted octanol–water partition coefficient (Wildman–Crippen LogP) is 2.15. The first-order valence-electron chi connectivity index (χ1n) is 8.02. The summed E-state index contributed by atoms with van der Waals surface area (Å²) in [7, 11) is -3.30. The third kappa shape index (κ3) is 3.39. The molecule has 6 nitrogen and oxygen atoms in total. The van der Waals surface area contributed by atoms with Crippen molar-refractivity contribution in [1.82, 2.24) is 9.88 Å². The van der Waals surface area contributed by atoms with E-state index in [1.807, 2.05) is 17.9 Å². The molecule has 0 radical (unpaired) electrons. The number of piperazine rings is 1. The van der Waals surface area contributed by atoms with Crippen LogP contribution in [0.1, 0.15) is 19.8 Å². The van der Waals surface area contributed by atoms with Gasteiger partial charge in [0.2, 0.25) is 5.91 Å². The first kappa shape index (κ1) is 17.2. The van der Waals surface area contributed by atoms with Crippen LogP contribution in [-0.4, -0.2) is 56.6 Å². The molecule has 3 rings (SSSR count). The second kappa shape index (κ2) is 6.68. The molecule has 2 heterocycles. The highest BCUT2D eigenvalue weighted by atomic mass is 32.2. The van der Waals surface area contributed by atoms with E-state index in [4.69, 9.17) is 0 Å². The Balaban J connectivity index is 1.81. The zero-order valence-electron chi connectivity index (χ0n) is 13.9. The molecule has 1 aromatic heterocycles. The lowest BCUT2D eigenvalue weighted by atomic mass is 10.2. The van der Waals surface area contributed by atoms with E-state index in [2.05, 4.69) is 9.88 Å². The lowest BCUT2D eigenvalue weighted by molar-refractivity contribution is -0.131. The van der Waals surface area contributed by atoms with Crippen molar-refractivity contribution in [3.05, 3.63) is 18.2 Å². The van der Waals surface area contributed by atoms with Gasteiger partial charge in [0.25, 0.3) is 0 Å². The van der Waals surface area contributed by atoms with Gasteiger partial charge in [0.05, 0.1) is 9.60 Å². The van der Waals surface area contributed by atoms with Gasteiger partial charge in [-0.25, -0.2) is 13.4 Å². The Labute approximate surface area is 146 Å². The predicted molar refractivity (Wildman–Crippen MR) is 96.4 cm³/mol. The van der Waals surface area contributed by atoms with Gasteiger partial charge in [-0.2, -0.15) is 0 Å². The van der Waals surface area contributed by atoms with E-state index < -0.39 is 9.84 Å². The Kier molecular flexibility index (Phi) is 4.78. The average molecular weight is 367 g/mol. The Morgan fingerprint density at radius 3 is 2.58 bits per heavy atom. The Morgan fingerprint density at radius 1 is 1.25 bits per heavy atom. The SMILES string of the molecule is CCCC(=O)N1CCN(c2nc3c(S(C)(=O)=O)cccc3s2)CC1. The fraction of sp³-hybridized carbons (Fsp3) is 0.500. The van der Waals surface area contributed by atoms with Crippen molar-refractivity contribution in [3.8, 4) is 0 Å². The molecule has 1 aliphatic rings. The van der Waals surface area contributed by atoms with E-state index >= 15 is 0 Å². The van der Waals surface area contributed by atoms with Crippen molar-refractivity contribution in [2.45, 2.75) is 24.7 Å². The van der Waals surface area contributed by atoms with Gasteiger partial charge in [0.15, 0.2) is 15.0 Å². The van der Waals surface area contributed by atoms with E-state index in [0.717, 1.165) is 29.3 Å². The van der Waals surface area contributed by atoms with Crippen molar-refractivity contribution in [2.24, 2.45) is 0 Å². The highest BCUT2D eigenvalue weighted by molar-refractivity contribution is 7.91. The third-order valence-corrected chi connectivity index (χ3v) is 6.35. The highest BCUT2D eigenvalue weighted by Crippen LogP contribution is 2.33. The van der Waals surface area contributed by atoms with Crippen LogP contribution >= 0.6 is 11.3 Å². The quantitative estimate of drug-likeness (QED) is 0.828. The molecule has 1 saturated heterocycles. The highest BCUT2D eigenvalue weighted by Gasteiger charge is 2.23. The molecular formula is C16H21N3O3S2. The molecule has 1 aliphatic heterocycles. The van der Waals surface area contributed by atoms with Crippen LogP contribution in [-0.2, 0) is 14.6 Å². The van der Waals surface area contributed by atoms with Crippen LogP contribution in [0.4, 0.5) is 5.13 Å². The number of carbonyl (C=O) groups excluding carboxylic acids is 1. The first-order valence-corrected chi connectivity index (χ1v) is 10.7. The Hall–Kier alpha value is -1.67. The fourth-order valence-electron chi connectivity index (χ4n) is 2.87. The lowest BCUT2D eigenvalue weighted by Crippen LogP contribution is -2.48. The number of anilines is 1. The van der Waals surface area contributed by atoms with Crippen LogP contribution in [0.3, 0.4) is 0 Å². The van der Waals surface area contributed by atoms with Crippen LogP contribution in [0.5, 0.6) is 0 Å². The van der Waals surface area contributed by atoms with Gasteiger partial charge in [-0.05, 0) is 18.6 Å². The Bertz CT molecular complexity index is 853. The largest absolute Gasteiger partial charge is 0.345 e. The molecular weight excluding hydrogens is 346 g/mol. The van der Waals surface area contributed by atoms with Crippen molar-refractivity contribution < 1.29 is 13.2 Å². The zero-order valence-corrected chi connectivity index (χ0v) is 15.5. The number of aromatic nitrogens is 1. The van der Waals surface area contributed by atoms with Crippen LogP contribution in [0.15, 0.2) is 23.1 Å².